The quantitative estimate of drug-likeness (QED) is 0.131. The van der Waals surface area contributed by atoms with E-state index in [-0.39, 0.29) is 31.0 Å². The molecule has 2 heterocycles. The summed E-state index contributed by atoms with van der Waals surface area (Å²) in [5, 5.41) is 11.6. The molecule has 1 aromatic heterocycles. The Labute approximate surface area is 278 Å². The van der Waals surface area contributed by atoms with Crippen molar-refractivity contribution in [2.24, 2.45) is 5.92 Å². The molecule has 48 heavy (non-hydrogen) atoms. The molecule has 0 radical (unpaired) electrons. The van der Waals surface area contributed by atoms with Crippen LogP contribution in [0.3, 0.4) is 0 Å². The van der Waals surface area contributed by atoms with E-state index in [4.69, 9.17) is 9.47 Å². The number of carbonyl (C=O) groups is 5. The summed E-state index contributed by atoms with van der Waals surface area (Å²) in [4.78, 5) is 69.9. The van der Waals surface area contributed by atoms with E-state index < -0.39 is 41.5 Å². The number of amides is 4. The van der Waals surface area contributed by atoms with Gasteiger partial charge in [0.2, 0.25) is 17.6 Å². The Kier molecular flexibility index (Phi) is 11.1. The van der Waals surface area contributed by atoms with Gasteiger partial charge < -0.3 is 35.7 Å². The van der Waals surface area contributed by atoms with E-state index in [0.717, 1.165) is 11.1 Å². The fraction of sp³-hybridized carbons (Fsp3) is 0.306. The van der Waals surface area contributed by atoms with Crippen LogP contribution in [0.25, 0.3) is 10.9 Å². The van der Waals surface area contributed by atoms with Crippen molar-refractivity contribution in [3.05, 3.63) is 95.7 Å². The zero-order valence-electron chi connectivity index (χ0n) is 26.8. The lowest BCUT2D eigenvalue weighted by Gasteiger charge is -2.27. The van der Waals surface area contributed by atoms with Crippen molar-refractivity contribution < 1.29 is 33.4 Å². The maximum Gasteiger partial charge on any atom is 0.289 e. The molecule has 250 valence electrons. The van der Waals surface area contributed by atoms with E-state index in [0.29, 0.717) is 41.8 Å². The van der Waals surface area contributed by atoms with Gasteiger partial charge >= 0.3 is 0 Å². The summed E-state index contributed by atoms with van der Waals surface area (Å²) in [7, 11) is 3.04. The van der Waals surface area contributed by atoms with Gasteiger partial charge in [0, 0.05) is 42.9 Å². The number of nitrogens with one attached hydrogen (secondary N) is 5. The van der Waals surface area contributed by atoms with Crippen molar-refractivity contribution in [2.75, 3.05) is 20.8 Å². The first-order valence-corrected chi connectivity index (χ1v) is 15.8. The smallest absolute Gasteiger partial charge is 0.289 e. The van der Waals surface area contributed by atoms with Gasteiger partial charge in [0.15, 0.2) is 0 Å². The molecule has 0 bridgehead atoms. The zero-order chi connectivity index (χ0) is 34.0. The van der Waals surface area contributed by atoms with Crippen LogP contribution in [-0.4, -0.2) is 67.2 Å². The molecule has 1 fully saturated rings. The van der Waals surface area contributed by atoms with Crippen LogP contribution in [-0.2, 0) is 32.1 Å². The molecule has 4 amide bonds. The second-order valence-electron chi connectivity index (χ2n) is 11.6. The van der Waals surface area contributed by atoms with E-state index in [1.54, 1.807) is 18.2 Å². The molecule has 12 heteroatoms. The van der Waals surface area contributed by atoms with E-state index in [9.17, 15) is 24.0 Å². The van der Waals surface area contributed by atoms with Gasteiger partial charge in [-0.1, -0.05) is 60.7 Å². The van der Waals surface area contributed by atoms with Gasteiger partial charge in [0.25, 0.3) is 11.8 Å². The summed E-state index contributed by atoms with van der Waals surface area (Å²) in [6.07, 6.45) is 1.25. The predicted octanol–water partition coefficient (Wildman–Crippen LogP) is 2.81. The summed E-state index contributed by atoms with van der Waals surface area (Å²) in [6, 6.07) is 20.8. The third kappa shape index (κ3) is 8.38. The van der Waals surface area contributed by atoms with Crippen LogP contribution in [0.1, 0.15) is 40.9 Å². The lowest BCUT2D eigenvalue weighted by molar-refractivity contribution is -0.141. The first-order valence-electron chi connectivity index (χ1n) is 15.8. The van der Waals surface area contributed by atoms with E-state index >= 15 is 0 Å². The molecule has 5 rings (SSSR count). The number of hydrogen-bond acceptors (Lipinski definition) is 7. The normalized spacial score (nSPS) is 15.5. The number of Topliss-reactive ketones (excluding diaryl/α,β-unsaturated/α-hetero) is 1. The van der Waals surface area contributed by atoms with E-state index in [1.807, 2.05) is 60.7 Å². The Balaban J connectivity index is 1.38. The third-order valence-corrected chi connectivity index (χ3v) is 8.35. The summed E-state index contributed by atoms with van der Waals surface area (Å²) in [6.45, 7) is 0.638. The lowest BCUT2D eigenvalue weighted by Crippen LogP contribution is -2.55. The fourth-order valence-electron chi connectivity index (χ4n) is 5.76. The van der Waals surface area contributed by atoms with Crippen LogP contribution in [0.15, 0.2) is 78.9 Å². The highest BCUT2D eigenvalue weighted by Gasteiger charge is 2.35. The minimum absolute atomic E-state index is 0.0647. The Morgan fingerprint density at radius 3 is 2.25 bits per heavy atom. The molecular formula is C36H39N5O7. The van der Waals surface area contributed by atoms with Crippen molar-refractivity contribution in [1.29, 1.82) is 0 Å². The van der Waals surface area contributed by atoms with Gasteiger partial charge in [-0.3, -0.25) is 24.0 Å². The van der Waals surface area contributed by atoms with Crippen LogP contribution < -0.4 is 30.7 Å². The van der Waals surface area contributed by atoms with Gasteiger partial charge in [-0.15, -0.1) is 0 Å². The second kappa shape index (κ2) is 15.8. The van der Waals surface area contributed by atoms with Crippen molar-refractivity contribution >= 4 is 40.3 Å². The topological polar surface area (TPSA) is 168 Å². The van der Waals surface area contributed by atoms with Gasteiger partial charge in [0.1, 0.15) is 23.2 Å². The summed E-state index contributed by atoms with van der Waals surface area (Å²) >= 11 is 0. The maximum atomic E-state index is 14.0. The van der Waals surface area contributed by atoms with Crippen molar-refractivity contribution in [3.63, 3.8) is 0 Å². The van der Waals surface area contributed by atoms with Gasteiger partial charge in [-0.2, -0.15) is 0 Å². The van der Waals surface area contributed by atoms with Crippen LogP contribution in [0.2, 0.25) is 0 Å². The molecule has 0 aliphatic carbocycles. The lowest BCUT2D eigenvalue weighted by atomic mass is 9.89. The number of ketones is 1. The molecule has 0 spiro atoms. The van der Waals surface area contributed by atoms with E-state index in [2.05, 4.69) is 26.3 Å². The summed E-state index contributed by atoms with van der Waals surface area (Å²) < 4.78 is 10.8. The van der Waals surface area contributed by atoms with Crippen LogP contribution in [0.5, 0.6) is 11.5 Å². The largest absolute Gasteiger partial charge is 0.497 e. The number of ether oxygens (including phenoxy) is 2. The number of aromatic amines is 1. The van der Waals surface area contributed by atoms with Crippen LogP contribution in [0, 0.1) is 5.92 Å². The molecule has 3 aromatic carbocycles. The third-order valence-electron chi connectivity index (χ3n) is 8.35. The molecule has 3 atom stereocenters. The van der Waals surface area contributed by atoms with Crippen molar-refractivity contribution in [2.45, 2.75) is 44.3 Å². The summed E-state index contributed by atoms with van der Waals surface area (Å²) in [5.41, 5.74) is 2.33. The van der Waals surface area contributed by atoms with Gasteiger partial charge in [0.05, 0.1) is 25.8 Å². The van der Waals surface area contributed by atoms with Crippen LogP contribution >= 0.6 is 0 Å². The molecule has 1 saturated heterocycles. The number of carbonyl (C=O) groups excluding carboxylic acids is 5. The number of rotatable bonds is 14. The average molecular weight is 654 g/mol. The summed E-state index contributed by atoms with van der Waals surface area (Å²) in [5.74, 6) is -2.79. The van der Waals surface area contributed by atoms with Crippen LogP contribution in [0.4, 0.5) is 0 Å². The number of piperidine rings is 1. The molecule has 0 unspecified atom stereocenters. The van der Waals surface area contributed by atoms with Gasteiger partial charge in [-0.05, 0) is 36.5 Å². The number of benzene rings is 3. The predicted molar refractivity (Wildman–Crippen MR) is 178 cm³/mol. The molecule has 0 saturated carbocycles. The molecule has 5 N–H and O–H groups in total. The average Bonchev–Trinajstić information content (AvgIpc) is 3.55. The number of hydrogen-bond donors (Lipinski definition) is 5. The highest BCUT2D eigenvalue weighted by molar-refractivity contribution is 6.38. The highest BCUT2D eigenvalue weighted by Crippen LogP contribution is 2.31. The minimum Gasteiger partial charge on any atom is -0.497 e. The Morgan fingerprint density at radius 2 is 1.58 bits per heavy atom. The van der Waals surface area contributed by atoms with E-state index in [1.165, 1.54) is 14.2 Å². The Hall–Kier alpha value is -5.65. The van der Waals surface area contributed by atoms with Gasteiger partial charge in [-0.25, -0.2) is 0 Å². The first-order chi connectivity index (χ1) is 23.2. The number of H-pyrrole nitrogens is 1. The highest BCUT2D eigenvalue weighted by atomic mass is 16.5. The number of aromatic nitrogens is 1. The standard InChI is InChI=1S/C36H39N5O7/c1-47-25-18-27-26(31(19-25)48-2)20-30(39-27)35(45)41-29(16-22-10-5-3-6-11-22)34(44)40-28(17-24-14-9-15-37-33(24)43)32(42)36(46)38-21-23-12-7-4-8-13-23/h3-8,10-13,18-20,24,28-29,39H,9,14-17,21H2,1-2H3,(H,37,43)(H,38,46)(H,40,44)(H,41,45)/t24-,28-,29-/m0/s1. The first kappa shape index (κ1) is 33.7. The van der Waals surface area contributed by atoms with Crippen molar-refractivity contribution in [3.8, 4) is 11.5 Å². The molecular weight excluding hydrogens is 614 g/mol. The SMILES string of the molecule is COc1cc(OC)c2cc(C(=O)N[C@@H](Cc3ccccc3)C(=O)N[C@@H](C[C@@H]3CCCNC3=O)C(=O)C(=O)NCc3ccccc3)[nH]c2c1. The van der Waals surface area contributed by atoms with Crippen molar-refractivity contribution in [1.82, 2.24) is 26.3 Å². The molecule has 12 nitrogen and oxygen atoms in total. The zero-order valence-corrected chi connectivity index (χ0v) is 26.8. The maximum absolute atomic E-state index is 14.0. The number of fused-ring (bicyclic) bond motifs is 1. The number of methoxy groups -OCH3 is 2. The Bertz CT molecular complexity index is 1770. The Morgan fingerprint density at radius 1 is 0.875 bits per heavy atom. The molecule has 4 aromatic rings. The fourth-order valence-corrected chi connectivity index (χ4v) is 5.76. The molecule has 1 aliphatic heterocycles. The second-order valence-corrected chi connectivity index (χ2v) is 11.6. The molecule has 1 aliphatic rings. The monoisotopic (exact) mass is 653 g/mol. The minimum atomic E-state index is -1.30.